The van der Waals surface area contributed by atoms with Crippen LogP contribution in [-0.2, 0) is 25.1 Å². The summed E-state index contributed by atoms with van der Waals surface area (Å²) >= 11 is 5.69. The smallest absolute Gasteiger partial charge is 0.335 e. The van der Waals surface area contributed by atoms with E-state index >= 15 is 0 Å². The summed E-state index contributed by atoms with van der Waals surface area (Å²) in [5.41, 5.74) is 0.159. The van der Waals surface area contributed by atoms with Crippen LogP contribution in [0, 0.1) is 5.82 Å². The first-order valence-electron chi connectivity index (χ1n) is 7.38. The van der Waals surface area contributed by atoms with Crippen molar-refractivity contribution in [3.8, 4) is 0 Å². The highest BCUT2D eigenvalue weighted by Gasteiger charge is 2.35. The van der Waals surface area contributed by atoms with Crippen LogP contribution in [0.5, 0.6) is 0 Å². The first-order valence-corrected chi connectivity index (χ1v) is 9.47. The molecular formula is C16H18ClFO4S. The van der Waals surface area contributed by atoms with E-state index in [1.807, 2.05) is 0 Å². The Morgan fingerprint density at radius 2 is 2.17 bits per heavy atom. The fourth-order valence-corrected chi connectivity index (χ4v) is 4.78. The maximum atomic E-state index is 14.0. The zero-order valence-corrected chi connectivity index (χ0v) is 14.3. The average molecular weight is 361 g/mol. The van der Waals surface area contributed by atoms with Gasteiger partial charge in [0.15, 0.2) is 9.84 Å². The molecule has 0 aromatic heterocycles. The number of hydrogen-bond acceptors (Lipinski definition) is 4. The molecule has 0 spiro atoms. The van der Waals surface area contributed by atoms with E-state index in [-0.39, 0.29) is 22.8 Å². The summed E-state index contributed by atoms with van der Waals surface area (Å²) in [6.45, 7) is 1.83. The van der Waals surface area contributed by atoms with Crippen molar-refractivity contribution in [2.45, 2.75) is 37.2 Å². The van der Waals surface area contributed by atoms with Crippen LogP contribution >= 0.6 is 11.6 Å². The molecule has 7 heteroatoms. The Kier molecular flexibility index (Phi) is 5.81. The summed E-state index contributed by atoms with van der Waals surface area (Å²) in [5, 5.41) is -1.09. The molecule has 1 aromatic carbocycles. The van der Waals surface area contributed by atoms with Crippen LogP contribution in [0.4, 0.5) is 4.39 Å². The zero-order chi connectivity index (χ0) is 17.0. The summed E-state index contributed by atoms with van der Waals surface area (Å²) in [5.74, 6) is -1.86. The second-order valence-corrected chi connectivity index (χ2v) is 7.91. The lowest BCUT2D eigenvalue weighted by Gasteiger charge is -2.23. The quantitative estimate of drug-likeness (QED) is 0.755. The highest BCUT2D eigenvalue weighted by molar-refractivity contribution is 7.91. The number of hydrogen-bond donors (Lipinski definition) is 0. The highest BCUT2D eigenvalue weighted by atomic mass is 35.5. The Hall–Kier alpha value is -1.40. The third-order valence-corrected chi connectivity index (χ3v) is 6.08. The zero-order valence-electron chi connectivity index (χ0n) is 12.7. The fraction of sp³-hybridized carbons (Fsp3) is 0.438. The van der Waals surface area contributed by atoms with Gasteiger partial charge in [0.2, 0.25) is 0 Å². The topological polar surface area (TPSA) is 60.4 Å². The molecule has 0 aliphatic heterocycles. The molecule has 0 N–H and O–H groups in total. The first-order chi connectivity index (χ1) is 10.9. The summed E-state index contributed by atoms with van der Waals surface area (Å²) in [7, 11) is -3.76. The van der Waals surface area contributed by atoms with Crippen molar-refractivity contribution < 1.29 is 22.3 Å². The van der Waals surface area contributed by atoms with Gasteiger partial charge in [-0.2, -0.15) is 0 Å². The van der Waals surface area contributed by atoms with Crippen LogP contribution in [0.3, 0.4) is 0 Å². The van der Waals surface area contributed by atoms with Crippen LogP contribution in [0.15, 0.2) is 29.8 Å². The SMILES string of the molecule is CCOC(=O)C1=CCCCC1S(=O)(=O)Cc1cccc(Cl)c1F. The average Bonchev–Trinajstić information content (AvgIpc) is 2.52. The Morgan fingerprint density at radius 1 is 1.43 bits per heavy atom. The molecule has 4 nitrogen and oxygen atoms in total. The Balaban J connectivity index is 2.30. The predicted molar refractivity (Wildman–Crippen MR) is 86.4 cm³/mol. The predicted octanol–water partition coefficient (Wildman–Crippen LogP) is 3.44. The second-order valence-electron chi connectivity index (χ2n) is 5.32. The third kappa shape index (κ3) is 4.12. The van der Waals surface area contributed by atoms with E-state index in [2.05, 4.69) is 0 Å². The van der Waals surface area contributed by atoms with Crippen molar-refractivity contribution in [3.63, 3.8) is 0 Å². The van der Waals surface area contributed by atoms with E-state index in [1.54, 1.807) is 13.0 Å². The lowest BCUT2D eigenvalue weighted by atomic mass is 9.99. The third-order valence-electron chi connectivity index (χ3n) is 3.71. The molecule has 0 saturated heterocycles. The number of rotatable bonds is 5. The van der Waals surface area contributed by atoms with Crippen molar-refractivity contribution >= 4 is 27.4 Å². The molecule has 0 bridgehead atoms. The molecule has 2 rings (SSSR count). The minimum atomic E-state index is -3.76. The number of halogens is 2. The van der Waals surface area contributed by atoms with Gasteiger partial charge in [0, 0.05) is 5.56 Å². The molecule has 0 fully saturated rings. The molecule has 1 aliphatic rings. The molecule has 126 valence electrons. The van der Waals surface area contributed by atoms with Gasteiger partial charge in [-0.3, -0.25) is 0 Å². The van der Waals surface area contributed by atoms with Gasteiger partial charge in [-0.15, -0.1) is 0 Å². The standard InChI is InChI=1S/C16H18ClFO4S/c1-2-22-16(19)12-7-3-4-9-14(12)23(20,21)10-11-6-5-8-13(17)15(11)18/h5-8,14H,2-4,9-10H2,1H3. The summed E-state index contributed by atoms with van der Waals surface area (Å²) in [6.07, 6.45) is 3.23. The molecular weight excluding hydrogens is 343 g/mol. The summed E-state index contributed by atoms with van der Waals surface area (Å²) in [4.78, 5) is 12.0. The van der Waals surface area contributed by atoms with Crippen LogP contribution in [0.2, 0.25) is 5.02 Å². The van der Waals surface area contributed by atoms with Crippen molar-refractivity contribution in [1.82, 2.24) is 0 Å². The van der Waals surface area contributed by atoms with E-state index in [9.17, 15) is 17.6 Å². The van der Waals surface area contributed by atoms with Crippen molar-refractivity contribution in [2.24, 2.45) is 0 Å². The minimum absolute atomic E-state index is 0.00582. The number of carbonyl (C=O) groups is 1. The summed E-state index contributed by atoms with van der Waals surface area (Å²) < 4.78 is 44.3. The van der Waals surface area contributed by atoms with Crippen LogP contribution in [0.25, 0.3) is 0 Å². The highest BCUT2D eigenvalue weighted by Crippen LogP contribution is 2.29. The molecule has 1 atom stereocenters. The first kappa shape index (κ1) is 17.9. The maximum Gasteiger partial charge on any atom is 0.335 e. The molecule has 1 aliphatic carbocycles. The number of ether oxygens (including phenoxy) is 1. The van der Waals surface area contributed by atoms with Crippen molar-refractivity contribution in [1.29, 1.82) is 0 Å². The van der Waals surface area contributed by atoms with Gasteiger partial charge in [0.25, 0.3) is 0 Å². The monoisotopic (exact) mass is 360 g/mol. The molecule has 1 unspecified atom stereocenters. The van der Waals surface area contributed by atoms with Gasteiger partial charge in [-0.25, -0.2) is 17.6 Å². The Labute approximate surface area is 140 Å². The Bertz CT molecular complexity index is 728. The van der Waals surface area contributed by atoms with E-state index in [0.717, 1.165) is 0 Å². The number of sulfone groups is 1. The van der Waals surface area contributed by atoms with E-state index in [4.69, 9.17) is 16.3 Å². The fourth-order valence-electron chi connectivity index (χ4n) is 2.63. The lowest BCUT2D eigenvalue weighted by Crippen LogP contribution is -2.31. The maximum absolute atomic E-state index is 14.0. The van der Waals surface area contributed by atoms with Crippen LogP contribution in [-0.4, -0.2) is 26.2 Å². The number of carbonyl (C=O) groups excluding carboxylic acids is 1. The minimum Gasteiger partial charge on any atom is -0.463 e. The number of allylic oxidation sites excluding steroid dienone is 1. The molecule has 0 radical (unpaired) electrons. The lowest BCUT2D eigenvalue weighted by molar-refractivity contribution is -0.138. The van der Waals surface area contributed by atoms with Gasteiger partial charge in [0.1, 0.15) is 5.82 Å². The normalized spacial score (nSPS) is 18.4. The van der Waals surface area contributed by atoms with Gasteiger partial charge in [0.05, 0.1) is 28.2 Å². The van der Waals surface area contributed by atoms with Crippen molar-refractivity contribution in [3.05, 3.63) is 46.3 Å². The molecule has 0 saturated carbocycles. The molecule has 1 aromatic rings. The molecule has 0 heterocycles. The van der Waals surface area contributed by atoms with Crippen LogP contribution < -0.4 is 0 Å². The van der Waals surface area contributed by atoms with Crippen LogP contribution in [0.1, 0.15) is 31.7 Å². The van der Waals surface area contributed by atoms with E-state index in [1.165, 1.54) is 18.2 Å². The van der Waals surface area contributed by atoms with E-state index < -0.39 is 32.6 Å². The van der Waals surface area contributed by atoms with Crippen molar-refractivity contribution in [2.75, 3.05) is 6.61 Å². The van der Waals surface area contributed by atoms with Gasteiger partial charge in [-0.05, 0) is 32.3 Å². The molecule has 23 heavy (non-hydrogen) atoms. The van der Waals surface area contributed by atoms with Gasteiger partial charge >= 0.3 is 5.97 Å². The summed E-state index contributed by atoms with van der Waals surface area (Å²) in [6, 6.07) is 4.24. The van der Waals surface area contributed by atoms with E-state index in [0.29, 0.717) is 19.3 Å². The number of benzene rings is 1. The second kappa shape index (κ2) is 7.45. The Morgan fingerprint density at radius 3 is 2.87 bits per heavy atom. The molecule has 0 amide bonds. The van der Waals surface area contributed by atoms with Gasteiger partial charge in [-0.1, -0.05) is 29.8 Å². The van der Waals surface area contributed by atoms with Gasteiger partial charge < -0.3 is 4.74 Å². The number of esters is 1. The largest absolute Gasteiger partial charge is 0.463 e.